The van der Waals surface area contributed by atoms with Crippen molar-refractivity contribution < 1.29 is 0 Å². The SMILES string of the molecule is NN1CCNC(S)C1. The third-order valence-electron chi connectivity index (χ3n) is 1.19. The summed E-state index contributed by atoms with van der Waals surface area (Å²) in [6, 6.07) is 0. The molecule has 0 radical (unpaired) electrons. The fourth-order valence-corrected chi connectivity index (χ4v) is 1.09. The van der Waals surface area contributed by atoms with Crippen LogP contribution in [0.1, 0.15) is 0 Å². The molecule has 1 heterocycles. The molecule has 1 saturated heterocycles. The molecule has 8 heavy (non-hydrogen) atoms. The second-order valence-electron chi connectivity index (χ2n) is 1.96. The third-order valence-corrected chi connectivity index (χ3v) is 1.53. The Hall–Kier alpha value is 0.230. The molecule has 1 unspecified atom stereocenters. The summed E-state index contributed by atoms with van der Waals surface area (Å²) in [5, 5.41) is 5.18. The average Bonchev–Trinajstić information content (AvgIpc) is 1.64. The van der Waals surface area contributed by atoms with Crippen LogP contribution in [0.3, 0.4) is 0 Å². The highest BCUT2D eigenvalue weighted by molar-refractivity contribution is 7.80. The Bertz CT molecular complexity index is 69.7. The van der Waals surface area contributed by atoms with E-state index in [-0.39, 0.29) is 5.37 Å². The number of nitrogens with zero attached hydrogens (tertiary/aromatic N) is 1. The maximum absolute atomic E-state index is 5.47. The smallest absolute Gasteiger partial charge is 0.0646 e. The molecule has 4 heteroatoms. The van der Waals surface area contributed by atoms with Gasteiger partial charge in [-0.1, -0.05) is 0 Å². The first kappa shape index (κ1) is 6.35. The topological polar surface area (TPSA) is 41.3 Å². The number of piperazine rings is 1. The molecule has 0 spiro atoms. The van der Waals surface area contributed by atoms with Gasteiger partial charge >= 0.3 is 0 Å². The molecule has 3 nitrogen and oxygen atoms in total. The fraction of sp³-hybridized carbons (Fsp3) is 1.00. The molecule has 0 aromatic rings. The van der Waals surface area contributed by atoms with Gasteiger partial charge in [-0.25, -0.2) is 5.01 Å². The zero-order chi connectivity index (χ0) is 5.98. The number of hydrogen-bond donors (Lipinski definition) is 3. The Morgan fingerprint density at radius 3 is 2.88 bits per heavy atom. The van der Waals surface area contributed by atoms with Gasteiger partial charge in [0.1, 0.15) is 0 Å². The van der Waals surface area contributed by atoms with Crippen LogP contribution in [0.15, 0.2) is 0 Å². The van der Waals surface area contributed by atoms with Gasteiger partial charge in [0.2, 0.25) is 0 Å². The predicted octanol–water partition coefficient (Wildman–Crippen LogP) is -0.979. The first-order valence-corrected chi connectivity index (χ1v) is 3.22. The van der Waals surface area contributed by atoms with Crippen molar-refractivity contribution in [3.05, 3.63) is 0 Å². The fourth-order valence-electron chi connectivity index (χ4n) is 0.753. The van der Waals surface area contributed by atoms with Gasteiger partial charge in [0.25, 0.3) is 0 Å². The summed E-state index contributed by atoms with van der Waals surface area (Å²) in [7, 11) is 0. The second kappa shape index (κ2) is 2.68. The van der Waals surface area contributed by atoms with Crippen LogP contribution in [-0.4, -0.2) is 30.0 Å². The predicted molar refractivity (Wildman–Crippen MR) is 36.5 cm³/mol. The quantitative estimate of drug-likeness (QED) is 0.294. The van der Waals surface area contributed by atoms with Crippen LogP contribution >= 0.6 is 12.6 Å². The zero-order valence-electron chi connectivity index (χ0n) is 4.67. The lowest BCUT2D eigenvalue weighted by molar-refractivity contribution is 0.237. The van der Waals surface area contributed by atoms with E-state index in [1.807, 2.05) is 0 Å². The van der Waals surface area contributed by atoms with E-state index in [9.17, 15) is 0 Å². The molecule has 0 amide bonds. The zero-order valence-corrected chi connectivity index (χ0v) is 5.56. The van der Waals surface area contributed by atoms with Gasteiger partial charge in [-0.2, -0.15) is 12.6 Å². The molecule has 1 rings (SSSR count). The Balaban J connectivity index is 2.23. The summed E-state index contributed by atoms with van der Waals surface area (Å²) in [6.45, 7) is 2.71. The van der Waals surface area contributed by atoms with Crippen LogP contribution < -0.4 is 11.2 Å². The highest BCUT2D eigenvalue weighted by Gasteiger charge is 2.11. The van der Waals surface area contributed by atoms with Gasteiger partial charge in [-0.15, -0.1) is 0 Å². The van der Waals surface area contributed by atoms with Crippen molar-refractivity contribution in [2.45, 2.75) is 5.37 Å². The number of hydrogen-bond acceptors (Lipinski definition) is 4. The van der Waals surface area contributed by atoms with Crippen LogP contribution in [0.4, 0.5) is 0 Å². The van der Waals surface area contributed by atoms with Crippen molar-refractivity contribution >= 4 is 12.6 Å². The van der Waals surface area contributed by atoms with Gasteiger partial charge in [0, 0.05) is 19.6 Å². The van der Waals surface area contributed by atoms with Crippen LogP contribution in [-0.2, 0) is 0 Å². The van der Waals surface area contributed by atoms with Crippen LogP contribution in [0.2, 0.25) is 0 Å². The van der Waals surface area contributed by atoms with Gasteiger partial charge < -0.3 is 5.32 Å². The molecular formula is C4H11N3S. The van der Waals surface area contributed by atoms with E-state index in [4.69, 9.17) is 5.84 Å². The number of hydrazine groups is 1. The minimum Gasteiger partial charge on any atom is -0.303 e. The van der Waals surface area contributed by atoms with Crippen molar-refractivity contribution in [1.82, 2.24) is 10.3 Å². The summed E-state index contributed by atoms with van der Waals surface area (Å²) in [5.74, 6) is 5.47. The normalized spacial score (nSPS) is 33.0. The lowest BCUT2D eigenvalue weighted by atomic mass is 10.4. The van der Waals surface area contributed by atoms with E-state index in [0.29, 0.717) is 0 Å². The summed E-state index contributed by atoms with van der Waals surface area (Å²) in [5.41, 5.74) is 0. The van der Waals surface area contributed by atoms with E-state index >= 15 is 0 Å². The molecule has 0 aromatic heterocycles. The number of rotatable bonds is 0. The molecule has 48 valence electrons. The summed E-state index contributed by atoms with van der Waals surface area (Å²) in [6.07, 6.45) is 0. The first-order chi connectivity index (χ1) is 3.79. The van der Waals surface area contributed by atoms with Gasteiger partial charge in [0.05, 0.1) is 5.37 Å². The molecule has 0 aromatic carbocycles. The average molecular weight is 133 g/mol. The first-order valence-electron chi connectivity index (χ1n) is 2.70. The molecule has 1 aliphatic heterocycles. The van der Waals surface area contributed by atoms with Crippen molar-refractivity contribution in [2.75, 3.05) is 19.6 Å². The third kappa shape index (κ3) is 1.63. The molecule has 0 saturated carbocycles. The summed E-state index contributed by atoms with van der Waals surface area (Å²) >= 11 is 4.19. The minimum absolute atomic E-state index is 0.258. The molecular weight excluding hydrogens is 122 g/mol. The van der Waals surface area contributed by atoms with Crippen molar-refractivity contribution in [1.29, 1.82) is 0 Å². The Kier molecular flexibility index (Phi) is 2.13. The van der Waals surface area contributed by atoms with Crippen molar-refractivity contribution in [3.8, 4) is 0 Å². The molecule has 1 aliphatic rings. The van der Waals surface area contributed by atoms with E-state index in [1.165, 1.54) is 0 Å². The van der Waals surface area contributed by atoms with Crippen molar-refractivity contribution in [2.24, 2.45) is 5.84 Å². The maximum atomic E-state index is 5.47. The Morgan fingerprint density at radius 1 is 1.75 bits per heavy atom. The van der Waals surface area contributed by atoms with E-state index in [2.05, 4.69) is 17.9 Å². The second-order valence-corrected chi connectivity index (χ2v) is 2.59. The number of nitrogens with two attached hydrogens (primary N) is 1. The minimum atomic E-state index is 0.258. The highest BCUT2D eigenvalue weighted by Crippen LogP contribution is 1.95. The standard InChI is InChI=1S/C4H11N3S/c5-7-2-1-6-4(8)3-7/h4,6,8H,1-3,5H2. The Labute approximate surface area is 54.6 Å². The monoisotopic (exact) mass is 133 g/mol. The molecule has 0 aliphatic carbocycles. The van der Waals surface area contributed by atoms with Crippen LogP contribution in [0.5, 0.6) is 0 Å². The van der Waals surface area contributed by atoms with E-state index in [0.717, 1.165) is 19.6 Å². The lowest BCUT2D eigenvalue weighted by Gasteiger charge is -2.26. The molecule has 1 atom stereocenters. The van der Waals surface area contributed by atoms with Crippen LogP contribution in [0, 0.1) is 0 Å². The van der Waals surface area contributed by atoms with E-state index in [1.54, 1.807) is 5.01 Å². The van der Waals surface area contributed by atoms with Crippen LogP contribution in [0.25, 0.3) is 0 Å². The summed E-state index contributed by atoms with van der Waals surface area (Å²) < 4.78 is 0. The largest absolute Gasteiger partial charge is 0.303 e. The maximum Gasteiger partial charge on any atom is 0.0646 e. The van der Waals surface area contributed by atoms with Gasteiger partial charge in [-0.05, 0) is 0 Å². The lowest BCUT2D eigenvalue weighted by Crippen LogP contribution is -2.51. The highest BCUT2D eigenvalue weighted by atomic mass is 32.1. The molecule has 0 bridgehead atoms. The number of nitrogens with one attached hydrogen (secondary N) is 1. The molecule has 1 fully saturated rings. The van der Waals surface area contributed by atoms with Gasteiger partial charge in [-0.3, -0.25) is 5.84 Å². The van der Waals surface area contributed by atoms with E-state index < -0.39 is 0 Å². The van der Waals surface area contributed by atoms with Gasteiger partial charge in [0.15, 0.2) is 0 Å². The Morgan fingerprint density at radius 2 is 2.50 bits per heavy atom. The molecule has 3 N–H and O–H groups in total. The van der Waals surface area contributed by atoms with Crippen molar-refractivity contribution in [3.63, 3.8) is 0 Å². The summed E-state index contributed by atoms with van der Waals surface area (Å²) in [4.78, 5) is 0. The number of thiol groups is 1.